The summed E-state index contributed by atoms with van der Waals surface area (Å²) in [5.41, 5.74) is 8.55. The Morgan fingerprint density at radius 3 is 1.36 bits per heavy atom. The lowest BCUT2D eigenvalue weighted by molar-refractivity contribution is 1.18. The van der Waals surface area contributed by atoms with Crippen molar-refractivity contribution in [2.24, 2.45) is 0 Å². The van der Waals surface area contributed by atoms with Gasteiger partial charge in [0.1, 0.15) is 0 Å². The molecule has 0 aliphatic heterocycles. The molecule has 1 nitrogen and oxygen atoms in total. The van der Waals surface area contributed by atoms with Gasteiger partial charge in [0.25, 0.3) is 0 Å². The van der Waals surface area contributed by atoms with E-state index in [1.807, 2.05) is 0 Å². The van der Waals surface area contributed by atoms with E-state index in [2.05, 4.69) is 217 Å². The van der Waals surface area contributed by atoms with Crippen LogP contribution in [0.15, 0.2) is 212 Å². The van der Waals surface area contributed by atoms with Gasteiger partial charge in [0.2, 0.25) is 0 Å². The molecule has 0 atom stereocenters. The van der Waals surface area contributed by atoms with Gasteiger partial charge in [-0.3, -0.25) is 0 Å². The van der Waals surface area contributed by atoms with E-state index in [4.69, 9.17) is 0 Å². The molecule has 0 saturated heterocycles. The van der Waals surface area contributed by atoms with Crippen LogP contribution in [0.2, 0.25) is 0 Å². The van der Waals surface area contributed by atoms with Crippen molar-refractivity contribution in [2.45, 2.75) is 0 Å². The van der Waals surface area contributed by atoms with Gasteiger partial charge in [-0.25, -0.2) is 0 Å². The molecule has 9 rings (SSSR count). The molecule has 236 valence electrons. The van der Waals surface area contributed by atoms with Gasteiger partial charge >= 0.3 is 0 Å². The molecule has 9 aromatic rings. The molecule has 50 heavy (non-hydrogen) atoms. The van der Waals surface area contributed by atoms with E-state index in [0.717, 1.165) is 0 Å². The van der Waals surface area contributed by atoms with E-state index in [1.165, 1.54) is 70.5 Å². The molecule has 0 saturated carbocycles. The van der Waals surface area contributed by atoms with E-state index in [0.29, 0.717) is 0 Å². The normalized spacial score (nSPS) is 11.6. The first-order valence-corrected chi connectivity index (χ1v) is 19.3. The van der Waals surface area contributed by atoms with Crippen molar-refractivity contribution < 1.29 is 0 Å². The summed E-state index contributed by atoms with van der Waals surface area (Å²) in [5.74, 6) is 0. The highest BCUT2D eigenvalue weighted by Crippen LogP contribution is 2.33. The Labute approximate surface area is 294 Å². The summed E-state index contributed by atoms with van der Waals surface area (Å²) in [6.45, 7) is 0. The maximum atomic E-state index is 2.50. The third-order valence-electron chi connectivity index (χ3n) is 10.2. The molecule has 0 unspecified atom stereocenters. The summed E-state index contributed by atoms with van der Waals surface area (Å²) >= 11 is 0. The molecule has 1 heterocycles. The number of rotatable bonds is 7. The standard InChI is InChI=1S/C48H35NSi/c1-5-17-36(18-6-1)43-25-13-14-26-44(43)37-29-31-41(32-30-37)50(39-21-9-3-10-22-39,40-23-11-4-12-24-40)42-33-34-48-46(35-42)45-27-15-16-28-47(45)49(48)38-19-7-2-8-20-38/h1-35H. The lowest BCUT2D eigenvalue weighted by Crippen LogP contribution is -2.74. The molecule has 0 bridgehead atoms. The van der Waals surface area contributed by atoms with Crippen LogP contribution >= 0.6 is 0 Å². The van der Waals surface area contributed by atoms with Gasteiger partial charge in [0.05, 0.1) is 11.0 Å². The quantitative estimate of drug-likeness (QED) is 0.119. The van der Waals surface area contributed by atoms with Gasteiger partial charge in [-0.05, 0) is 67.3 Å². The maximum absolute atomic E-state index is 2.79. The van der Waals surface area contributed by atoms with Crippen LogP contribution in [0.5, 0.6) is 0 Å². The van der Waals surface area contributed by atoms with Crippen molar-refractivity contribution in [2.75, 3.05) is 0 Å². The molecule has 0 fully saturated rings. The number of para-hydroxylation sites is 2. The fourth-order valence-corrected chi connectivity index (χ4v) is 12.7. The number of nitrogens with zero attached hydrogens (tertiary/aromatic N) is 1. The first-order chi connectivity index (χ1) is 24.8. The van der Waals surface area contributed by atoms with Crippen molar-refractivity contribution in [3.05, 3.63) is 212 Å². The maximum Gasteiger partial charge on any atom is 0.179 e. The number of hydrogen-bond acceptors (Lipinski definition) is 0. The molecule has 0 amide bonds. The Morgan fingerprint density at radius 1 is 0.300 bits per heavy atom. The second-order valence-corrected chi connectivity index (χ2v) is 16.7. The molecule has 0 aliphatic carbocycles. The summed E-state index contributed by atoms with van der Waals surface area (Å²) in [6.07, 6.45) is 0. The van der Waals surface area contributed by atoms with Crippen LogP contribution in [0.1, 0.15) is 0 Å². The smallest absolute Gasteiger partial charge is 0.179 e. The lowest BCUT2D eigenvalue weighted by Gasteiger charge is -2.34. The number of aromatic nitrogens is 1. The summed E-state index contributed by atoms with van der Waals surface area (Å²) in [4.78, 5) is 0. The first-order valence-electron chi connectivity index (χ1n) is 17.3. The molecule has 0 spiro atoms. The number of fused-ring (bicyclic) bond motifs is 3. The first kappa shape index (κ1) is 29.9. The molecule has 1 aromatic heterocycles. The van der Waals surface area contributed by atoms with Crippen LogP contribution < -0.4 is 20.7 Å². The summed E-state index contributed by atoms with van der Waals surface area (Å²) in [6, 6.07) is 78.2. The minimum Gasteiger partial charge on any atom is -0.309 e. The molecule has 0 radical (unpaired) electrons. The van der Waals surface area contributed by atoms with Gasteiger partial charge in [-0.15, -0.1) is 0 Å². The van der Waals surface area contributed by atoms with E-state index < -0.39 is 8.07 Å². The van der Waals surface area contributed by atoms with Crippen molar-refractivity contribution >= 4 is 50.6 Å². The Balaban J connectivity index is 1.30. The van der Waals surface area contributed by atoms with Crippen molar-refractivity contribution in [3.63, 3.8) is 0 Å². The molecular formula is C48H35NSi. The average Bonchev–Trinajstić information content (AvgIpc) is 3.54. The molecule has 2 heteroatoms. The third kappa shape index (κ3) is 4.92. The SMILES string of the molecule is c1ccc(-c2ccccc2-c2ccc([Si](c3ccccc3)(c3ccccc3)c3ccc4c(c3)c3ccccc3n4-c3ccccc3)cc2)cc1. The second-order valence-electron chi connectivity index (χ2n) is 12.9. The highest BCUT2D eigenvalue weighted by molar-refractivity contribution is 7.20. The van der Waals surface area contributed by atoms with Crippen LogP contribution in [0.4, 0.5) is 0 Å². The van der Waals surface area contributed by atoms with Crippen molar-refractivity contribution in [1.82, 2.24) is 4.57 Å². The summed E-state index contributed by atoms with van der Waals surface area (Å²) in [7, 11) is -2.79. The van der Waals surface area contributed by atoms with Gasteiger partial charge in [0.15, 0.2) is 8.07 Å². The van der Waals surface area contributed by atoms with Crippen LogP contribution in [-0.2, 0) is 0 Å². The van der Waals surface area contributed by atoms with Crippen molar-refractivity contribution in [3.8, 4) is 27.9 Å². The van der Waals surface area contributed by atoms with Gasteiger partial charge in [-0.1, -0.05) is 188 Å². The minimum atomic E-state index is -2.79. The number of hydrogen-bond donors (Lipinski definition) is 0. The van der Waals surface area contributed by atoms with Crippen LogP contribution in [-0.4, -0.2) is 12.6 Å². The zero-order valence-corrected chi connectivity index (χ0v) is 28.7. The van der Waals surface area contributed by atoms with Gasteiger partial charge in [0, 0.05) is 16.5 Å². The summed E-state index contributed by atoms with van der Waals surface area (Å²) in [5, 5.41) is 8.02. The zero-order chi connectivity index (χ0) is 33.3. The predicted molar refractivity (Wildman–Crippen MR) is 215 cm³/mol. The van der Waals surface area contributed by atoms with E-state index >= 15 is 0 Å². The Bertz CT molecular complexity index is 2520. The topological polar surface area (TPSA) is 4.93 Å². The highest BCUT2D eigenvalue weighted by Gasteiger charge is 2.41. The monoisotopic (exact) mass is 653 g/mol. The highest BCUT2D eigenvalue weighted by atomic mass is 28.3. The van der Waals surface area contributed by atoms with Gasteiger partial charge in [-0.2, -0.15) is 0 Å². The van der Waals surface area contributed by atoms with Gasteiger partial charge < -0.3 is 4.57 Å². The fraction of sp³-hybridized carbons (Fsp3) is 0. The number of benzene rings is 8. The third-order valence-corrected chi connectivity index (χ3v) is 14.9. The largest absolute Gasteiger partial charge is 0.309 e. The molecule has 0 N–H and O–H groups in total. The molecular weight excluding hydrogens is 619 g/mol. The predicted octanol–water partition coefficient (Wildman–Crippen LogP) is 9.50. The molecule has 8 aromatic carbocycles. The van der Waals surface area contributed by atoms with Crippen molar-refractivity contribution in [1.29, 1.82) is 0 Å². The van der Waals surface area contributed by atoms with E-state index in [-0.39, 0.29) is 0 Å². The Morgan fingerprint density at radius 2 is 0.740 bits per heavy atom. The zero-order valence-electron chi connectivity index (χ0n) is 27.7. The van der Waals surface area contributed by atoms with E-state index in [9.17, 15) is 0 Å². The van der Waals surface area contributed by atoms with Crippen LogP contribution in [0.25, 0.3) is 49.7 Å². The minimum absolute atomic E-state index is 1.17. The lowest BCUT2D eigenvalue weighted by atomic mass is 9.95. The fourth-order valence-electron chi connectivity index (χ4n) is 7.94. The summed E-state index contributed by atoms with van der Waals surface area (Å²) < 4.78 is 2.40. The van der Waals surface area contributed by atoms with Crippen LogP contribution in [0.3, 0.4) is 0 Å². The van der Waals surface area contributed by atoms with E-state index in [1.54, 1.807) is 0 Å². The van der Waals surface area contributed by atoms with Crippen LogP contribution in [0, 0.1) is 0 Å². The Hall–Kier alpha value is -6.22. The Kier molecular flexibility index (Phi) is 7.57. The molecule has 0 aliphatic rings. The second kappa shape index (κ2) is 12.7. The average molecular weight is 654 g/mol.